The number of unbranched alkanes of at least 4 members (excludes halogenated alkanes) is 1. The van der Waals surface area contributed by atoms with Gasteiger partial charge in [0.2, 0.25) is 0 Å². The zero-order chi connectivity index (χ0) is 14.8. The first-order chi connectivity index (χ1) is 8.97. The van der Waals surface area contributed by atoms with Gasteiger partial charge in [0, 0.05) is 11.1 Å². The monoisotopic (exact) mass is 270 g/mol. The van der Waals surface area contributed by atoms with Gasteiger partial charge in [-0.1, -0.05) is 27.2 Å². The van der Waals surface area contributed by atoms with Crippen molar-refractivity contribution in [1.29, 1.82) is 0 Å². The second kappa shape index (κ2) is 9.59. The van der Waals surface area contributed by atoms with Crippen molar-refractivity contribution >= 4 is 11.9 Å². The number of esters is 2. The first-order valence-corrected chi connectivity index (χ1v) is 7.07. The van der Waals surface area contributed by atoms with E-state index in [1.54, 1.807) is 13.8 Å². The summed E-state index contributed by atoms with van der Waals surface area (Å²) >= 11 is 0. The van der Waals surface area contributed by atoms with Crippen LogP contribution in [0, 0.1) is 0 Å². The van der Waals surface area contributed by atoms with Gasteiger partial charge in [-0.3, -0.25) is 0 Å². The Morgan fingerprint density at radius 3 is 1.89 bits per heavy atom. The van der Waals surface area contributed by atoms with Crippen molar-refractivity contribution in [2.24, 2.45) is 0 Å². The molecule has 0 aromatic heterocycles. The molecule has 0 amide bonds. The predicted octanol–water partition coefficient (Wildman–Crippen LogP) is 3.40. The van der Waals surface area contributed by atoms with Crippen LogP contribution in [0.3, 0.4) is 0 Å². The summed E-state index contributed by atoms with van der Waals surface area (Å²) in [6.45, 7) is 9.68. The van der Waals surface area contributed by atoms with Crippen molar-refractivity contribution in [3.05, 3.63) is 11.1 Å². The second-order valence-corrected chi connectivity index (χ2v) is 4.61. The lowest BCUT2D eigenvalue weighted by atomic mass is 10.0. The van der Waals surface area contributed by atoms with Gasteiger partial charge in [-0.05, 0) is 33.1 Å². The van der Waals surface area contributed by atoms with Crippen LogP contribution >= 0.6 is 0 Å². The van der Waals surface area contributed by atoms with Gasteiger partial charge >= 0.3 is 11.9 Å². The van der Waals surface area contributed by atoms with E-state index in [9.17, 15) is 9.59 Å². The lowest BCUT2D eigenvalue weighted by molar-refractivity contribution is -0.144. The van der Waals surface area contributed by atoms with E-state index in [2.05, 4.69) is 0 Å². The van der Waals surface area contributed by atoms with Crippen LogP contribution in [0.4, 0.5) is 0 Å². The summed E-state index contributed by atoms with van der Waals surface area (Å²) in [5.74, 6) is -0.810. The van der Waals surface area contributed by atoms with Gasteiger partial charge in [-0.2, -0.15) is 0 Å². The Kier molecular flexibility index (Phi) is 8.92. The molecule has 0 aromatic carbocycles. The van der Waals surface area contributed by atoms with E-state index in [0.29, 0.717) is 30.6 Å². The molecule has 0 bridgehead atoms. The van der Waals surface area contributed by atoms with Crippen LogP contribution in [-0.2, 0) is 19.1 Å². The number of carbonyl (C=O) groups excluding carboxylic acids is 2. The van der Waals surface area contributed by atoms with Gasteiger partial charge in [-0.25, -0.2) is 9.59 Å². The lowest BCUT2D eigenvalue weighted by Crippen LogP contribution is -2.19. The van der Waals surface area contributed by atoms with Gasteiger partial charge in [0.15, 0.2) is 0 Å². The van der Waals surface area contributed by atoms with E-state index in [0.717, 1.165) is 12.8 Å². The van der Waals surface area contributed by atoms with Crippen molar-refractivity contribution in [2.45, 2.75) is 66.4 Å². The van der Waals surface area contributed by atoms with Crippen molar-refractivity contribution in [1.82, 2.24) is 0 Å². The fourth-order valence-electron chi connectivity index (χ4n) is 1.64. The molecule has 110 valence electrons. The van der Waals surface area contributed by atoms with Crippen LogP contribution in [0.5, 0.6) is 0 Å². The minimum Gasteiger partial charge on any atom is -0.462 e. The lowest BCUT2D eigenvalue weighted by Gasteiger charge is -2.14. The molecular weight excluding hydrogens is 244 g/mol. The van der Waals surface area contributed by atoms with E-state index in [4.69, 9.17) is 9.47 Å². The third-order valence-corrected chi connectivity index (χ3v) is 2.64. The number of hydrogen-bond donors (Lipinski definition) is 0. The average Bonchev–Trinajstić information content (AvgIpc) is 2.34. The fourth-order valence-corrected chi connectivity index (χ4v) is 1.64. The predicted molar refractivity (Wildman–Crippen MR) is 74.7 cm³/mol. The largest absolute Gasteiger partial charge is 0.462 e. The molecule has 0 heterocycles. The smallest absolute Gasteiger partial charge is 0.334 e. The van der Waals surface area contributed by atoms with E-state index >= 15 is 0 Å². The Bertz CT molecular complexity index is 329. The third kappa shape index (κ3) is 6.41. The summed E-state index contributed by atoms with van der Waals surface area (Å²) in [5, 5.41) is 0. The van der Waals surface area contributed by atoms with Crippen molar-refractivity contribution in [2.75, 3.05) is 6.61 Å². The molecule has 0 saturated heterocycles. The summed E-state index contributed by atoms with van der Waals surface area (Å²) < 4.78 is 10.3. The highest BCUT2D eigenvalue weighted by Gasteiger charge is 2.21. The molecule has 0 saturated carbocycles. The fraction of sp³-hybridized carbons (Fsp3) is 0.733. The van der Waals surface area contributed by atoms with Gasteiger partial charge in [0.25, 0.3) is 0 Å². The molecule has 0 radical (unpaired) electrons. The minimum atomic E-state index is -0.415. The molecule has 0 aromatic rings. The Balaban J connectivity index is 4.93. The molecule has 0 spiro atoms. The van der Waals surface area contributed by atoms with E-state index in [1.807, 2.05) is 20.8 Å². The average molecular weight is 270 g/mol. The number of rotatable bonds is 8. The van der Waals surface area contributed by atoms with Gasteiger partial charge in [-0.15, -0.1) is 0 Å². The van der Waals surface area contributed by atoms with Crippen LogP contribution in [0.15, 0.2) is 11.1 Å². The summed E-state index contributed by atoms with van der Waals surface area (Å²) in [4.78, 5) is 23.9. The zero-order valence-corrected chi connectivity index (χ0v) is 12.7. The van der Waals surface area contributed by atoms with Crippen molar-refractivity contribution < 1.29 is 19.1 Å². The summed E-state index contributed by atoms with van der Waals surface area (Å²) in [6, 6.07) is 0. The third-order valence-electron chi connectivity index (χ3n) is 2.64. The Morgan fingerprint density at radius 1 is 0.947 bits per heavy atom. The van der Waals surface area contributed by atoms with Crippen molar-refractivity contribution in [3.8, 4) is 0 Å². The quantitative estimate of drug-likeness (QED) is 0.385. The molecule has 0 aliphatic carbocycles. The molecule has 0 fully saturated rings. The van der Waals surface area contributed by atoms with E-state index in [-0.39, 0.29) is 6.10 Å². The molecule has 4 nitrogen and oxygen atoms in total. The van der Waals surface area contributed by atoms with Crippen LogP contribution in [0.25, 0.3) is 0 Å². The Morgan fingerprint density at radius 2 is 1.47 bits per heavy atom. The number of ether oxygens (including phenoxy) is 2. The highest BCUT2D eigenvalue weighted by Crippen LogP contribution is 2.17. The van der Waals surface area contributed by atoms with Crippen LogP contribution in [-0.4, -0.2) is 24.6 Å². The van der Waals surface area contributed by atoms with Gasteiger partial charge < -0.3 is 9.47 Å². The first-order valence-electron chi connectivity index (χ1n) is 7.07. The summed E-state index contributed by atoms with van der Waals surface area (Å²) in [5.41, 5.74) is 0.863. The number of carbonyl (C=O) groups is 2. The highest BCUT2D eigenvalue weighted by atomic mass is 16.5. The maximum Gasteiger partial charge on any atom is 0.334 e. The van der Waals surface area contributed by atoms with E-state index < -0.39 is 11.9 Å². The normalized spacial score (nSPS) is 12.1. The van der Waals surface area contributed by atoms with Crippen LogP contribution in [0.2, 0.25) is 0 Å². The van der Waals surface area contributed by atoms with Gasteiger partial charge in [0.1, 0.15) is 0 Å². The van der Waals surface area contributed by atoms with Crippen LogP contribution in [0.1, 0.15) is 60.3 Å². The highest BCUT2D eigenvalue weighted by molar-refractivity contribution is 6.00. The molecule has 19 heavy (non-hydrogen) atoms. The zero-order valence-electron chi connectivity index (χ0n) is 12.7. The maximum atomic E-state index is 12.0. The SMILES string of the molecule is CCCCOC(=O)/C(CC)=C(/CC)C(=O)OC(C)C. The van der Waals surface area contributed by atoms with Crippen molar-refractivity contribution in [3.63, 3.8) is 0 Å². The second-order valence-electron chi connectivity index (χ2n) is 4.61. The molecule has 0 atom stereocenters. The minimum absolute atomic E-state index is 0.191. The molecule has 0 aliphatic rings. The summed E-state index contributed by atoms with van der Waals surface area (Å²) in [7, 11) is 0. The van der Waals surface area contributed by atoms with Gasteiger partial charge in [0.05, 0.1) is 12.7 Å². The molecule has 0 unspecified atom stereocenters. The topological polar surface area (TPSA) is 52.6 Å². The molecule has 0 rings (SSSR count). The molecule has 0 aliphatic heterocycles. The molecule has 0 N–H and O–H groups in total. The molecule has 4 heteroatoms. The van der Waals surface area contributed by atoms with Crippen LogP contribution < -0.4 is 0 Å². The first kappa shape index (κ1) is 17.7. The standard InChI is InChI=1S/C15H26O4/c1-6-9-10-18-14(16)12(7-2)13(8-3)15(17)19-11(4)5/h11H,6-10H2,1-5H3/b13-12-. The van der Waals surface area contributed by atoms with E-state index in [1.165, 1.54) is 0 Å². The summed E-state index contributed by atoms with van der Waals surface area (Å²) in [6.07, 6.45) is 2.55. The number of hydrogen-bond acceptors (Lipinski definition) is 4. The Labute approximate surface area is 116 Å². The molecular formula is C15H26O4. The maximum absolute atomic E-state index is 12.0. The Hall–Kier alpha value is -1.32.